The molecule has 1 atom stereocenters. The standard InChI is InChI=1S/C19H22N6O4/c1-24-16(26)13-15(22-18(21-13)25-10-8-20-9-11-25)23-19(24)29-14(17(27)28-2)12-6-4-3-5-7-12/h3-7,14,20H,8-11H2,1-2H3,(H,21,22). The first-order valence-electron chi connectivity index (χ1n) is 9.30. The maximum atomic E-state index is 12.8. The zero-order valence-electron chi connectivity index (χ0n) is 16.2. The van der Waals surface area contributed by atoms with Gasteiger partial charge in [0.15, 0.2) is 11.2 Å². The third-order valence-corrected chi connectivity index (χ3v) is 4.84. The van der Waals surface area contributed by atoms with E-state index in [0.717, 1.165) is 26.2 Å². The van der Waals surface area contributed by atoms with E-state index in [2.05, 4.69) is 25.2 Å². The molecule has 1 aliphatic rings. The van der Waals surface area contributed by atoms with Crippen LogP contribution in [0.4, 0.5) is 5.95 Å². The molecular formula is C19H22N6O4. The summed E-state index contributed by atoms with van der Waals surface area (Å²) >= 11 is 0. The number of fused-ring (bicyclic) bond motifs is 1. The summed E-state index contributed by atoms with van der Waals surface area (Å²) in [4.78, 5) is 39.1. The smallest absolute Gasteiger partial charge is 0.351 e. The van der Waals surface area contributed by atoms with Gasteiger partial charge in [0, 0.05) is 38.8 Å². The van der Waals surface area contributed by atoms with Crippen molar-refractivity contribution in [3.8, 4) is 6.01 Å². The van der Waals surface area contributed by atoms with Crippen LogP contribution in [0.25, 0.3) is 11.2 Å². The molecule has 1 unspecified atom stereocenters. The summed E-state index contributed by atoms with van der Waals surface area (Å²) in [6.07, 6.45) is -1.05. The van der Waals surface area contributed by atoms with Gasteiger partial charge in [0.25, 0.3) is 5.56 Å². The highest BCUT2D eigenvalue weighted by Crippen LogP contribution is 2.23. The van der Waals surface area contributed by atoms with Crippen molar-refractivity contribution in [1.82, 2.24) is 24.8 Å². The van der Waals surface area contributed by atoms with Gasteiger partial charge in [0.1, 0.15) is 0 Å². The minimum Gasteiger partial charge on any atom is -0.466 e. The van der Waals surface area contributed by atoms with Crippen molar-refractivity contribution in [3.05, 3.63) is 46.2 Å². The van der Waals surface area contributed by atoms with E-state index in [4.69, 9.17) is 9.47 Å². The second kappa shape index (κ2) is 7.92. The minimum absolute atomic E-state index is 0.0138. The monoisotopic (exact) mass is 398 g/mol. The Kier molecular flexibility index (Phi) is 5.17. The zero-order chi connectivity index (χ0) is 20.4. The molecule has 10 heteroatoms. The number of carbonyl (C=O) groups is 1. The fourth-order valence-corrected chi connectivity index (χ4v) is 3.23. The number of benzene rings is 1. The summed E-state index contributed by atoms with van der Waals surface area (Å²) in [5, 5.41) is 3.27. The van der Waals surface area contributed by atoms with Gasteiger partial charge in [-0.1, -0.05) is 30.3 Å². The molecule has 0 saturated carbocycles. The van der Waals surface area contributed by atoms with Gasteiger partial charge in [0.05, 0.1) is 7.11 Å². The predicted octanol–water partition coefficient (Wildman–Crippen LogP) is 0.359. The summed E-state index contributed by atoms with van der Waals surface area (Å²) in [7, 11) is 2.82. The number of H-pyrrole nitrogens is 1. The van der Waals surface area contributed by atoms with Gasteiger partial charge < -0.3 is 24.7 Å². The largest absolute Gasteiger partial charge is 0.466 e. The van der Waals surface area contributed by atoms with Crippen LogP contribution in [0.1, 0.15) is 11.7 Å². The van der Waals surface area contributed by atoms with Crippen molar-refractivity contribution in [2.45, 2.75) is 6.10 Å². The van der Waals surface area contributed by atoms with E-state index >= 15 is 0 Å². The summed E-state index contributed by atoms with van der Waals surface area (Å²) in [6, 6.07) is 8.89. The Hall–Kier alpha value is -3.40. The summed E-state index contributed by atoms with van der Waals surface area (Å²) in [6.45, 7) is 3.24. The van der Waals surface area contributed by atoms with Gasteiger partial charge in [-0.2, -0.15) is 9.97 Å². The van der Waals surface area contributed by atoms with E-state index in [9.17, 15) is 9.59 Å². The molecule has 10 nitrogen and oxygen atoms in total. The first-order valence-corrected chi connectivity index (χ1v) is 9.30. The number of hydrogen-bond acceptors (Lipinski definition) is 8. The van der Waals surface area contributed by atoms with Crippen LogP contribution in [0.15, 0.2) is 35.1 Å². The normalized spacial score (nSPS) is 15.3. The van der Waals surface area contributed by atoms with Crippen molar-refractivity contribution >= 4 is 23.1 Å². The van der Waals surface area contributed by atoms with Crippen LogP contribution in [-0.2, 0) is 16.6 Å². The van der Waals surface area contributed by atoms with Gasteiger partial charge in [-0.25, -0.2) is 4.79 Å². The molecule has 2 aromatic heterocycles. The first-order chi connectivity index (χ1) is 14.1. The Morgan fingerprint density at radius 2 is 1.90 bits per heavy atom. The highest BCUT2D eigenvalue weighted by Gasteiger charge is 2.26. The molecular weight excluding hydrogens is 376 g/mol. The third-order valence-electron chi connectivity index (χ3n) is 4.84. The molecule has 0 amide bonds. The number of ether oxygens (including phenoxy) is 2. The number of hydrogen-bond donors (Lipinski definition) is 2. The molecule has 3 heterocycles. The maximum Gasteiger partial charge on any atom is 0.351 e. The van der Waals surface area contributed by atoms with Crippen LogP contribution in [-0.4, -0.2) is 58.8 Å². The molecule has 4 rings (SSSR count). The van der Waals surface area contributed by atoms with E-state index < -0.39 is 12.1 Å². The molecule has 0 aliphatic carbocycles. The number of anilines is 1. The SMILES string of the molecule is COC(=O)C(Oc1nc2nc(N3CCNCC3)[nH]c2c(=O)n1C)c1ccccc1. The summed E-state index contributed by atoms with van der Waals surface area (Å²) < 4.78 is 11.9. The van der Waals surface area contributed by atoms with Gasteiger partial charge in [-0.15, -0.1) is 0 Å². The minimum atomic E-state index is -1.05. The highest BCUT2D eigenvalue weighted by atomic mass is 16.6. The summed E-state index contributed by atoms with van der Waals surface area (Å²) in [5.74, 6) is 0.00454. The van der Waals surface area contributed by atoms with Crippen molar-refractivity contribution in [3.63, 3.8) is 0 Å². The van der Waals surface area contributed by atoms with E-state index in [-0.39, 0.29) is 17.2 Å². The maximum absolute atomic E-state index is 12.8. The molecule has 0 bridgehead atoms. The Bertz CT molecular complexity index is 1070. The van der Waals surface area contributed by atoms with Crippen molar-refractivity contribution < 1.29 is 14.3 Å². The lowest BCUT2D eigenvalue weighted by Gasteiger charge is -2.26. The number of methoxy groups -OCH3 is 1. The highest BCUT2D eigenvalue weighted by molar-refractivity contribution is 5.77. The average Bonchev–Trinajstić information content (AvgIpc) is 3.20. The molecule has 1 aromatic carbocycles. The zero-order valence-corrected chi connectivity index (χ0v) is 16.2. The van der Waals surface area contributed by atoms with E-state index in [0.29, 0.717) is 17.0 Å². The number of imidazole rings is 1. The predicted molar refractivity (Wildman–Crippen MR) is 106 cm³/mol. The van der Waals surface area contributed by atoms with Gasteiger partial charge >= 0.3 is 12.0 Å². The van der Waals surface area contributed by atoms with Crippen molar-refractivity contribution in [2.24, 2.45) is 7.05 Å². The van der Waals surface area contributed by atoms with Crippen molar-refractivity contribution in [1.29, 1.82) is 0 Å². The topological polar surface area (TPSA) is 114 Å². The first kappa shape index (κ1) is 18.9. The lowest BCUT2D eigenvalue weighted by atomic mass is 10.1. The van der Waals surface area contributed by atoms with Crippen molar-refractivity contribution in [2.75, 3.05) is 38.2 Å². The lowest BCUT2D eigenvalue weighted by molar-refractivity contribution is -0.149. The Morgan fingerprint density at radius 1 is 1.17 bits per heavy atom. The number of aromatic nitrogens is 4. The number of aromatic amines is 1. The van der Waals surface area contributed by atoms with Crippen LogP contribution in [0, 0.1) is 0 Å². The second-order valence-electron chi connectivity index (χ2n) is 6.69. The van der Waals surface area contributed by atoms with E-state index in [1.165, 1.54) is 18.7 Å². The average molecular weight is 398 g/mol. The molecule has 1 fully saturated rings. The molecule has 0 radical (unpaired) electrons. The lowest BCUT2D eigenvalue weighted by Crippen LogP contribution is -2.44. The van der Waals surface area contributed by atoms with Crippen LogP contribution < -0.4 is 20.5 Å². The van der Waals surface area contributed by atoms with Crippen LogP contribution in [0.2, 0.25) is 0 Å². The fraction of sp³-hybridized carbons (Fsp3) is 0.368. The van der Waals surface area contributed by atoms with Crippen LogP contribution >= 0.6 is 0 Å². The molecule has 0 spiro atoms. The van der Waals surface area contributed by atoms with Gasteiger partial charge in [0.2, 0.25) is 12.1 Å². The summed E-state index contributed by atoms with van der Waals surface area (Å²) in [5.41, 5.74) is 0.795. The van der Waals surface area contributed by atoms with E-state index in [1.54, 1.807) is 24.3 Å². The molecule has 152 valence electrons. The quantitative estimate of drug-likeness (QED) is 0.592. The molecule has 1 aliphatic heterocycles. The third kappa shape index (κ3) is 3.66. The van der Waals surface area contributed by atoms with Crippen LogP contribution in [0.5, 0.6) is 6.01 Å². The number of esters is 1. The number of carbonyl (C=O) groups excluding carboxylic acids is 1. The van der Waals surface area contributed by atoms with Gasteiger partial charge in [-0.05, 0) is 0 Å². The van der Waals surface area contributed by atoms with Gasteiger partial charge in [-0.3, -0.25) is 9.36 Å². The number of rotatable bonds is 5. The van der Waals surface area contributed by atoms with E-state index in [1.807, 2.05) is 6.07 Å². The number of nitrogens with one attached hydrogen (secondary N) is 2. The fourth-order valence-electron chi connectivity index (χ4n) is 3.23. The second-order valence-corrected chi connectivity index (χ2v) is 6.69. The number of nitrogens with zero attached hydrogens (tertiary/aromatic N) is 4. The molecule has 1 saturated heterocycles. The Labute approximate surface area is 166 Å². The van der Waals surface area contributed by atoms with Crippen LogP contribution in [0.3, 0.4) is 0 Å². The molecule has 29 heavy (non-hydrogen) atoms. The number of piperazine rings is 1. The Morgan fingerprint density at radius 3 is 2.59 bits per heavy atom. The molecule has 3 aromatic rings. The molecule has 2 N–H and O–H groups in total. The Balaban J connectivity index is 1.72.